The van der Waals surface area contributed by atoms with Gasteiger partial charge in [0.05, 0.1) is 19.9 Å². The molecule has 1 N–H and O–H groups in total. The summed E-state index contributed by atoms with van der Waals surface area (Å²) in [5.74, 6) is 0.611. The van der Waals surface area contributed by atoms with Gasteiger partial charge in [-0.15, -0.1) is 0 Å². The van der Waals surface area contributed by atoms with E-state index in [-0.39, 0.29) is 5.57 Å². The molecule has 24 heavy (non-hydrogen) atoms. The molecule has 0 fully saturated rings. The maximum absolute atomic E-state index is 12.4. The Morgan fingerprint density at radius 1 is 1.12 bits per heavy atom. The standard InChI is InChI=1S/C19H18N2O3/c1-13-8-9-17(23-2)14(10-13)11-15(12-20)19(22)21-16-6-4-5-7-18(16)24-3/h4-11H,1-3H3,(H,21,22)/b15-11+. The Labute approximate surface area is 141 Å². The summed E-state index contributed by atoms with van der Waals surface area (Å²) in [5.41, 5.74) is 2.15. The maximum Gasteiger partial charge on any atom is 0.266 e. The predicted molar refractivity (Wildman–Crippen MR) is 92.9 cm³/mol. The van der Waals surface area contributed by atoms with Gasteiger partial charge in [0.15, 0.2) is 0 Å². The third kappa shape index (κ3) is 3.93. The molecule has 0 atom stereocenters. The van der Waals surface area contributed by atoms with Crippen LogP contribution in [0.1, 0.15) is 11.1 Å². The van der Waals surface area contributed by atoms with Crippen molar-refractivity contribution in [2.24, 2.45) is 0 Å². The van der Waals surface area contributed by atoms with E-state index in [4.69, 9.17) is 9.47 Å². The van der Waals surface area contributed by atoms with Crippen LogP contribution in [-0.2, 0) is 4.79 Å². The monoisotopic (exact) mass is 322 g/mol. The van der Waals surface area contributed by atoms with Crippen LogP contribution in [0.4, 0.5) is 5.69 Å². The second-order valence-corrected chi connectivity index (χ2v) is 5.07. The summed E-state index contributed by atoms with van der Waals surface area (Å²) in [5, 5.41) is 12.0. The van der Waals surface area contributed by atoms with E-state index in [9.17, 15) is 10.1 Å². The van der Waals surface area contributed by atoms with Crippen LogP contribution in [0, 0.1) is 18.3 Å². The van der Waals surface area contributed by atoms with Gasteiger partial charge in [-0.25, -0.2) is 0 Å². The molecule has 5 nitrogen and oxygen atoms in total. The zero-order valence-corrected chi connectivity index (χ0v) is 13.8. The molecule has 0 bridgehead atoms. The largest absolute Gasteiger partial charge is 0.496 e. The summed E-state index contributed by atoms with van der Waals surface area (Å²) in [4.78, 5) is 12.4. The highest BCUT2D eigenvalue weighted by atomic mass is 16.5. The molecule has 0 spiro atoms. The van der Waals surface area contributed by atoms with Crippen LogP contribution >= 0.6 is 0 Å². The average Bonchev–Trinajstić information content (AvgIpc) is 2.60. The lowest BCUT2D eigenvalue weighted by Gasteiger charge is -2.10. The minimum atomic E-state index is -0.509. The van der Waals surface area contributed by atoms with Crippen molar-refractivity contribution in [1.82, 2.24) is 0 Å². The number of para-hydroxylation sites is 2. The molecule has 0 aliphatic rings. The lowest BCUT2D eigenvalue weighted by atomic mass is 10.1. The predicted octanol–water partition coefficient (Wildman–Crippen LogP) is 3.56. The van der Waals surface area contributed by atoms with Gasteiger partial charge in [-0.1, -0.05) is 23.8 Å². The van der Waals surface area contributed by atoms with E-state index in [0.717, 1.165) is 5.56 Å². The van der Waals surface area contributed by atoms with Crippen molar-refractivity contribution in [3.8, 4) is 17.6 Å². The van der Waals surface area contributed by atoms with E-state index < -0.39 is 5.91 Å². The third-order valence-corrected chi connectivity index (χ3v) is 3.41. The minimum absolute atomic E-state index is 0.0233. The first-order chi connectivity index (χ1) is 11.6. The average molecular weight is 322 g/mol. The minimum Gasteiger partial charge on any atom is -0.496 e. The first-order valence-corrected chi connectivity index (χ1v) is 7.30. The smallest absolute Gasteiger partial charge is 0.266 e. The number of carbonyl (C=O) groups excluding carboxylic acids is 1. The van der Waals surface area contributed by atoms with E-state index in [1.807, 2.05) is 25.1 Å². The van der Waals surface area contributed by atoms with Gasteiger partial charge in [0.2, 0.25) is 0 Å². The lowest BCUT2D eigenvalue weighted by Crippen LogP contribution is -2.14. The van der Waals surface area contributed by atoms with Gasteiger partial charge in [-0.2, -0.15) is 5.26 Å². The number of amides is 1. The molecule has 0 heterocycles. The molecule has 0 unspecified atom stereocenters. The van der Waals surface area contributed by atoms with E-state index in [1.165, 1.54) is 13.2 Å². The first-order valence-electron chi connectivity index (χ1n) is 7.30. The number of aryl methyl sites for hydroxylation is 1. The van der Waals surface area contributed by atoms with Gasteiger partial charge < -0.3 is 14.8 Å². The van der Waals surface area contributed by atoms with Crippen LogP contribution in [0.2, 0.25) is 0 Å². The molecule has 1 amide bonds. The Morgan fingerprint density at radius 2 is 1.83 bits per heavy atom. The number of nitrogens with zero attached hydrogens (tertiary/aromatic N) is 1. The van der Waals surface area contributed by atoms with Crippen LogP contribution in [-0.4, -0.2) is 20.1 Å². The second kappa shape index (κ2) is 7.84. The molecule has 5 heteroatoms. The fourth-order valence-electron chi connectivity index (χ4n) is 2.21. The highest BCUT2D eigenvalue weighted by molar-refractivity contribution is 6.10. The number of nitrogens with one attached hydrogen (secondary N) is 1. The molecule has 0 aliphatic carbocycles. The molecule has 0 saturated heterocycles. The fourth-order valence-corrected chi connectivity index (χ4v) is 2.21. The van der Waals surface area contributed by atoms with E-state index in [1.54, 1.807) is 37.4 Å². The van der Waals surface area contributed by atoms with Gasteiger partial charge in [-0.3, -0.25) is 4.79 Å². The van der Waals surface area contributed by atoms with E-state index >= 15 is 0 Å². The zero-order chi connectivity index (χ0) is 17.5. The number of methoxy groups -OCH3 is 2. The normalized spacial score (nSPS) is 10.7. The molecule has 122 valence electrons. The van der Waals surface area contributed by atoms with Crippen molar-refractivity contribution in [3.63, 3.8) is 0 Å². The van der Waals surface area contributed by atoms with Crippen LogP contribution in [0.25, 0.3) is 6.08 Å². The summed E-state index contributed by atoms with van der Waals surface area (Å²) >= 11 is 0. The number of hydrogen-bond acceptors (Lipinski definition) is 4. The highest BCUT2D eigenvalue weighted by Crippen LogP contribution is 2.25. The first kappa shape index (κ1) is 17.1. The maximum atomic E-state index is 12.4. The highest BCUT2D eigenvalue weighted by Gasteiger charge is 2.13. The Balaban J connectivity index is 2.33. The molecule has 0 radical (unpaired) electrons. The number of nitriles is 1. The van der Waals surface area contributed by atoms with Gasteiger partial charge in [-0.05, 0) is 37.3 Å². The molecule has 2 aromatic carbocycles. The molecule has 0 aliphatic heterocycles. The Bertz CT molecular complexity index is 820. The lowest BCUT2D eigenvalue weighted by molar-refractivity contribution is -0.112. The summed E-state index contributed by atoms with van der Waals surface area (Å²) in [6.45, 7) is 1.93. The summed E-state index contributed by atoms with van der Waals surface area (Å²) in [7, 11) is 3.06. The van der Waals surface area contributed by atoms with Crippen molar-refractivity contribution >= 4 is 17.7 Å². The van der Waals surface area contributed by atoms with Crippen molar-refractivity contribution < 1.29 is 14.3 Å². The van der Waals surface area contributed by atoms with Gasteiger partial charge in [0.25, 0.3) is 5.91 Å². The van der Waals surface area contributed by atoms with Gasteiger partial charge >= 0.3 is 0 Å². The number of rotatable bonds is 5. The van der Waals surface area contributed by atoms with Crippen molar-refractivity contribution in [2.75, 3.05) is 19.5 Å². The molecule has 2 aromatic rings. The summed E-state index contributed by atoms with van der Waals surface area (Å²) in [6.07, 6.45) is 1.51. The number of carbonyl (C=O) groups is 1. The zero-order valence-electron chi connectivity index (χ0n) is 13.8. The van der Waals surface area contributed by atoms with Crippen molar-refractivity contribution in [3.05, 3.63) is 59.2 Å². The summed E-state index contributed by atoms with van der Waals surface area (Å²) < 4.78 is 10.5. The Morgan fingerprint density at radius 3 is 2.50 bits per heavy atom. The second-order valence-electron chi connectivity index (χ2n) is 5.07. The van der Waals surface area contributed by atoms with Crippen LogP contribution in [0.15, 0.2) is 48.0 Å². The fraction of sp³-hybridized carbons (Fsp3) is 0.158. The molecule has 0 aromatic heterocycles. The molecular formula is C19H18N2O3. The van der Waals surface area contributed by atoms with Crippen molar-refractivity contribution in [2.45, 2.75) is 6.92 Å². The van der Waals surface area contributed by atoms with Crippen LogP contribution in [0.3, 0.4) is 0 Å². The number of benzene rings is 2. The molecule has 0 saturated carbocycles. The molecular weight excluding hydrogens is 304 g/mol. The Kier molecular flexibility index (Phi) is 5.58. The van der Waals surface area contributed by atoms with E-state index in [2.05, 4.69) is 5.32 Å². The number of ether oxygens (including phenoxy) is 2. The van der Waals surface area contributed by atoms with Crippen LogP contribution in [0.5, 0.6) is 11.5 Å². The third-order valence-electron chi connectivity index (χ3n) is 3.41. The van der Waals surface area contributed by atoms with Crippen molar-refractivity contribution in [1.29, 1.82) is 5.26 Å². The van der Waals surface area contributed by atoms with Gasteiger partial charge in [0, 0.05) is 5.56 Å². The number of hydrogen-bond donors (Lipinski definition) is 1. The van der Waals surface area contributed by atoms with Crippen LogP contribution < -0.4 is 14.8 Å². The van der Waals surface area contributed by atoms with E-state index in [0.29, 0.717) is 22.7 Å². The van der Waals surface area contributed by atoms with Gasteiger partial charge in [0.1, 0.15) is 23.1 Å². The topological polar surface area (TPSA) is 71.3 Å². The molecule has 2 rings (SSSR count). The SMILES string of the molecule is COc1ccc(C)cc1/C=C(\C#N)C(=O)Nc1ccccc1OC. The summed E-state index contributed by atoms with van der Waals surface area (Å²) in [6, 6.07) is 14.5. The number of anilines is 1. The quantitative estimate of drug-likeness (QED) is 0.675. The Hall–Kier alpha value is -3.26.